The lowest BCUT2D eigenvalue weighted by atomic mass is 10.1. The lowest BCUT2D eigenvalue weighted by Gasteiger charge is -2.10. The lowest BCUT2D eigenvalue weighted by Crippen LogP contribution is -2.31. The summed E-state index contributed by atoms with van der Waals surface area (Å²) in [6.45, 7) is 0.0272. The number of hydrogen-bond acceptors (Lipinski definition) is 3. The monoisotopic (exact) mass is 274 g/mol. The highest BCUT2D eigenvalue weighted by Crippen LogP contribution is 2.26. The van der Waals surface area contributed by atoms with Gasteiger partial charge in [-0.25, -0.2) is 9.18 Å². The van der Waals surface area contributed by atoms with Crippen LogP contribution < -0.4 is 11.2 Å². The molecule has 0 aliphatic rings. The molecule has 0 spiro atoms. The van der Waals surface area contributed by atoms with E-state index in [1.807, 2.05) is 4.98 Å². The highest BCUT2D eigenvalue weighted by atomic mass is 19.1. The van der Waals surface area contributed by atoms with Gasteiger partial charge in [0.25, 0.3) is 5.56 Å². The zero-order valence-electron chi connectivity index (χ0n) is 10.4. The molecule has 1 aromatic carbocycles. The second-order valence-corrected chi connectivity index (χ2v) is 4.04. The van der Waals surface area contributed by atoms with E-state index in [1.54, 1.807) is 0 Å². The fourth-order valence-electron chi connectivity index (χ4n) is 1.85. The van der Waals surface area contributed by atoms with E-state index < -0.39 is 22.9 Å². The van der Waals surface area contributed by atoms with Crippen LogP contribution >= 0.6 is 0 Å². The van der Waals surface area contributed by atoms with Crippen molar-refractivity contribution >= 4 is 0 Å². The van der Waals surface area contributed by atoms with Crippen LogP contribution in [0.5, 0.6) is 5.88 Å². The molecule has 0 atom stereocenters. The summed E-state index contributed by atoms with van der Waals surface area (Å²) in [5.74, 6) is 1.05. The number of rotatable bonds is 3. The first kappa shape index (κ1) is 13.6. The number of aromatic nitrogens is 2. The molecule has 0 unspecified atom stereocenters. The number of benzene rings is 1. The number of terminal acetylenes is 1. The molecule has 0 aliphatic carbocycles. The summed E-state index contributed by atoms with van der Waals surface area (Å²) in [6.07, 6.45) is 5.29. The highest BCUT2D eigenvalue weighted by molar-refractivity contribution is 5.67. The molecular weight excluding hydrogens is 263 g/mol. The third-order valence-electron chi connectivity index (χ3n) is 2.79. The number of nitrogens with one attached hydrogen (secondary N) is 1. The van der Waals surface area contributed by atoms with Crippen LogP contribution in [0.3, 0.4) is 0 Å². The topological polar surface area (TPSA) is 75.1 Å². The number of halogens is 1. The van der Waals surface area contributed by atoms with Crippen LogP contribution in [-0.4, -0.2) is 14.7 Å². The van der Waals surface area contributed by atoms with Gasteiger partial charge in [0.05, 0.1) is 0 Å². The lowest BCUT2D eigenvalue weighted by molar-refractivity contribution is 0.404. The van der Waals surface area contributed by atoms with Crippen molar-refractivity contribution in [3.63, 3.8) is 0 Å². The maximum Gasteiger partial charge on any atom is 0.331 e. The van der Waals surface area contributed by atoms with Gasteiger partial charge in [-0.1, -0.05) is 18.2 Å². The van der Waals surface area contributed by atoms with Crippen molar-refractivity contribution in [3.05, 3.63) is 50.9 Å². The summed E-state index contributed by atoms with van der Waals surface area (Å²) in [5, 5.41) is 10.1. The Morgan fingerprint density at radius 2 is 2.05 bits per heavy atom. The maximum absolute atomic E-state index is 13.7. The van der Waals surface area contributed by atoms with Crippen molar-refractivity contribution in [1.29, 1.82) is 0 Å². The molecule has 102 valence electrons. The molecular formula is C14H11FN2O3. The van der Waals surface area contributed by atoms with Crippen LogP contribution in [0.2, 0.25) is 0 Å². The van der Waals surface area contributed by atoms with Crippen molar-refractivity contribution in [1.82, 2.24) is 9.55 Å². The Labute approximate surface area is 113 Å². The summed E-state index contributed by atoms with van der Waals surface area (Å²) in [5.41, 5.74) is -2.02. The summed E-state index contributed by atoms with van der Waals surface area (Å²) in [4.78, 5) is 25.5. The van der Waals surface area contributed by atoms with Gasteiger partial charge in [0.1, 0.15) is 11.4 Å². The van der Waals surface area contributed by atoms with Gasteiger partial charge < -0.3 is 5.11 Å². The van der Waals surface area contributed by atoms with Crippen LogP contribution in [0.15, 0.2) is 33.9 Å². The molecule has 0 amide bonds. The zero-order chi connectivity index (χ0) is 14.7. The number of aromatic hydroxyl groups is 1. The van der Waals surface area contributed by atoms with Crippen molar-refractivity contribution in [2.24, 2.45) is 0 Å². The average molecular weight is 274 g/mol. The molecule has 1 heterocycles. The number of H-pyrrole nitrogens is 1. The van der Waals surface area contributed by atoms with Gasteiger partial charge in [-0.05, 0) is 6.07 Å². The quantitative estimate of drug-likeness (QED) is 0.822. The molecule has 0 radical (unpaired) electrons. The molecule has 2 aromatic rings. The first-order chi connectivity index (χ1) is 9.56. The minimum atomic E-state index is -0.852. The fraction of sp³-hybridized carbons (Fsp3) is 0.143. The maximum atomic E-state index is 13.7. The van der Waals surface area contributed by atoms with Crippen LogP contribution in [-0.2, 0) is 6.54 Å². The number of nitrogens with zero attached hydrogens (tertiary/aromatic N) is 1. The van der Waals surface area contributed by atoms with E-state index in [0.717, 1.165) is 10.6 Å². The zero-order valence-corrected chi connectivity index (χ0v) is 10.4. The minimum absolute atomic E-state index is 0.0272. The molecule has 2 rings (SSSR count). The standard InChI is InChI=1S/C14H11FN2O3/c1-2-3-8-17-13(19)11(12(18)16-14(17)20)9-6-4-5-7-10(9)15/h1,4-7,19H,3,8H2,(H,16,18,20). The normalized spacial score (nSPS) is 10.2. The van der Waals surface area contributed by atoms with Gasteiger partial charge in [0.15, 0.2) is 0 Å². The largest absolute Gasteiger partial charge is 0.494 e. The Morgan fingerprint density at radius 3 is 2.70 bits per heavy atom. The Balaban J connectivity index is 2.72. The van der Waals surface area contributed by atoms with Gasteiger partial charge in [-0.3, -0.25) is 14.3 Å². The van der Waals surface area contributed by atoms with Crippen LogP contribution in [0.1, 0.15) is 6.42 Å². The first-order valence-electron chi connectivity index (χ1n) is 5.80. The Kier molecular flexibility index (Phi) is 3.71. The van der Waals surface area contributed by atoms with E-state index >= 15 is 0 Å². The van der Waals surface area contributed by atoms with E-state index in [0.29, 0.717) is 0 Å². The predicted molar refractivity (Wildman–Crippen MR) is 71.8 cm³/mol. The Bertz CT molecular complexity index is 799. The molecule has 6 heteroatoms. The van der Waals surface area contributed by atoms with Gasteiger partial charge in [0, 0.05) is 18.5 Å². The van der Waals surface area contributed by atoms with Crippen LogP contribution in [0, 0.1) is 18.2 Å². The number of aromatic amines is 1. The molecule has 1 aromatic heterocycles. The van der Waals surface area contributed by atoms with E-state index in [9.17, 15) is 19.1 Å². The summed E-state index contributed by atoms with van der Waals surface area (Å²) in [7, 11) is 0. The van der Waals surface area contributed by atoms with Crippen molar-refractivity contribution in [2.75, 3.05) is 0 Å². The van der Waals surface area contributed by atoms with Gasteiger partial charge >= 0.3 is 5.69 Å². The third kappa shape index (κ3) is 2.34. The van der Waals surface area contributed by atoms with Crippen molar-refractivity contribution in [2.45, 2.75) is 13.0 Å². The van der Waals surface area contributed by atoms with E-state index in [4.69, 9.17) is 6.42 Å². The van der Waals surface area contributed by atoms with E-state index in [1.165, 1.54) is 18.2 Å². The second-order valence-electron chi connectivity index (χ2n) is 4.04. The van der Waals surface area contributed by atoms with Gasteiger partial charge in [-0.15, -0.1) is 12.3 Å². The Hall–Kier alpha value is -2.81. The molecule has 0 saturated heterocycles. The van der Waals surface area contributed by atoms with E-state index in [-0.39, 0.29) is 24.1 Å². The smallest absolute Gasteiger partial charge is 0.331 e. The van der Waals surface area contributed by atoms with Gasteiger partial charge in [-0.2, -0.15) is 0 Å². The first-order valence-corrected chi connectivity index (χ1v) is 5.80. The van der Waals surface area contributed by atoms with Crippen molar-refractivity contribution in [3.8, 4) is 29.4 Å². The molecule has 0 fully saturated rings. The fourth-order valence-corrected chi connectivity index (χ4v) is 1.85. The Morgan fingerprint density at radius 1 is 1.35 bits per heavy atom. The summed E-state index contributed by atoms with van der Waals surface area (Å²) >= 11 is 0. The molecule has 0 bridgehead atoms. The van der Waals surface area contributed by atoms with Gasteiger partial charge in [0.2, 0.25) is 5.88 Å². The highest BCUT2D eigenvalue weighted by Gasteiger charge is 2.18. The second kappa shape index (κ2) is 5.45. The molecule has 5 nitrogen and oxygen atoms in total. The van der Waals surface area contributed by atoms with Crippen LogP contribution in [0.25, 0.3) is 11.1 Å². The predicted octanol–water partition coefficient (Wildman–Crippen LogP) is 1.07. The van der Waals surface area contributed by atoms with Crippen LogP contribution in [0.4, 0.5) is 4.39 Å². The SMILES string of the molecule is C#CCCn1c(O)c(-c2ccccc2F)c(=O)[nH]c1=O. The third-order valence-corrected chi connectivity index (χ3v) is 2.79. The summed E-state index contributed by atoms with van der Waals surface area (Å²) < 4.78 is 14.6. The van der Waals surface area contributed by atoms with E-state index in [2.05, 4.69) is 5.92 Å². The molecule has 0 saturated carbocycles. The van der Waals surface area contributed by atoms with Crippen molar-refractivity contribution < 1.29 is 9.50 Å². The molecule has 0 aliphatic heterocycles. The molecule has 2 N–H and O–H groups in total. The average Bonchev–Trinajstić information content (AvgIpc) is 2.40. The summed E-state index contributed by atoms with van der Waals surface area (Å²) in [6, 6.07) is 5.48. The number of hydrogen-bond donors (Lipinski definition) is 2. The molecule has 20 heavy (non-hydrogen) atoms. The minimum Gasteiger partial charge on any atom is -0.494 e.